The van der Waals surface area contributed by atoms with Crippen molar-refractivity contribution < 1.29 is 10.3 Å². The summed E-state index contributed by atoms with van der Waals surface area (Å²) in [6.45, 7) is 6.21. The molecular weight excluding hydrogens is 254 g/mol. The summed E-state index contributed by atoms with van der Waals surface area (Å²) in [7, 11) is 3.41. The number of nitrogens with two attached hydrogens (primary N) is 1. The smallest absolute Gasteiger partial charge is 0.252 e. The highest BCUT2D eigenvalue weighted by molar-refractivity contribution is 5.93. The van der Waals surface area contributed by atoms with Gasteiger partial charge in [0.1, 0.15) is 0 Å². The minimum absolute atomic E-state index is 0.0206. The summed E-state index contributed by atoms with van der Waals surface area (Å²) in [5.41, 5.74) is 4.27. The van der Waals surface area contributed by atoms with Crippen LogP contribution < -0.4 is 16.4 Å². The maximum Gasteiger partial charge on any atom is 0.252 e. The summed E-state index contributed by atoms with van der Waals surface area (Å²) in [4.78, 5) is 17.1. The van der Waals surface area contributed by atoms with Crippen LogP contribution in [0.2, 0.25) is 0 Å². The summed E-state index contributed by atoms with van der Waals surface area (Å²) in [6, 6.07) is 7.54. The Hall–Kier alpha value is -1.85. The fourth-order valence-electron chi connectivity index (χ4n) is 2.20. The molecule has 2 aromatic rings. The van der Waals surface area contributed by atoms with Crippen molar-refractivity contribution in [2.24, 2.45) is 7.05 Å². The highest BCUT2D eigenvalue weighted by Gasteiger charge is 2.14. The minimum atomic E-state index is -0.111. The molecule has 0 saturated heterocycles. The van der Waals surface area contributed by atoms with Crippen LogP contribution in [0.5, 0.6) is 0 Å². The number of aromatic nitrogens is 1. The zero-order chi connectivity index (χ0) is 14.9. The van der Waals surface area contributed by atoms with Crippen molar-refractivity contribution in [2.75, 3.05) is 12.4 Å². The van der Waals surface area contributed by atoms with Crippen LogP contribution in [0.25, 0.3) is 10.9 Å². The van der Waals surface area contributed by atoms with Gasteiger partial charge in [0.25, 0.3) is 5.56 Å². The summed E-state index contributed by atoms with van der Waals surface area (Å²) >= 11 is 0. The van der Waals surface area contributed by atoms with E-state index in [1.165, 1.54) is 0 Å². The third-order valence-corrected chi connectivity index (χ3v) is 3.03. The van der Waals surface area contributed by atoms with E-state index in [0.717, 1.165) is 22.3 Å². The normalized spacial score (nSPS) is 11.8. The fraction of sp³-hybridized carbons (Fsp3) is 0.400. The Labute approximate surface area is 118 Å². The molecule has 3 N–H and O–H groups in total. The van der Waals surface area contributed by atoms with Gasteiger partial charge in [-0.3, -0.25) is 4.79 Å². The van der Waals surface area contributed by atoms with Crippen molar-refractivity contribution in [3.05, 3.63) is 34.6 Å². The maximum atomic E-state index is 12.0. The number of hydrogen-bond acceptors (Lipinski definition) is 3. The first-order chi connectivity index (χ1) is 9.31. The third kappa shape index (κ3) is 3.00. The van der Waals surface area contributed by atoms with Crippen molar-refractivity contribution >= 4 is 22.3 Å². The number of quaternary nitrogens is 1. The van der Waals surface area contributed by atoms with Crippen LogP contribution in [0.1, 0.15) is 20.8 Å². The Morgan fingerprint density at radius 1 is 1.25 bits per heavy atom. The molecule has 20 heavy (non-hydrogen) atoms. The van der Waals surface area contributed by atoms with Crippen LogP contribution in [0.15, 0.2) is 29.1 Å². The molecule has 0 saturated carbocycles. The number of pyridine rings is 1. The second kappa shape index (κ2) is 5.26. The van der Waals surface area contributed by atoms with Crippen LogP contribution >= 0.6 is 0 Å². The zero-order valence-electron chi connectivity index (χ0n) is 12.7. The number of anilines is 1. The van der Waals surface area contributed by atoms with Crippen LogP contribution in [0, 0.1) is 0 Å². The second-order valence-corrected chi connectivity index (χ2v) is 5.96. The summed E-state index contributed by atoms with van der Waals surface area (Å²) in [5, 5.41) is 4.40. The van der Waals surface area contributed by atoms with Gasteiger partial charge in [-0.2, -0.15) is 5.48 Å². The highest BCUT2D eigenvalue weighted by atomic mass is 16.6. The fourth-order valence-corrected chi connectivity index (χ4v) is 2.20. The van der Waals surface area contributed by atoms with Gasteiger partial charge in [-0.05, 0) is 26.8 Å². The molecule has 108 valence electrons. The number of hydrogen-bond donors (Lipinski definition) is 2. The first-order valence-corrected chi connectivity index (χ1v) is 6.60. The molecule has 5 nitrogen and oxygen atoms in total. The molecule has 0 amide bonds. The lowest BCUT2D eigenvalue weighted by molar-refractivity contribution is -0.830. The van der Waals surface area contributed by atoms with Crippen molar-refractivity contribution in [3.8, 4) is 0 Å². The number of aryl methyl sites for hydroxylation is 1. The van der Waals surface area contributed by atoms with E-state index >= 15 is 0 Å². The van der Waals surface area contributed by atoms with E-state index in [2.05, 4.69) is 26.1 Å². The van der Waals surface area contributed by atoms with Crippen LogP contribution in [-0.4, -0.2) is 17.2 Å². The molecule has 2 rings (SSSR count). The summed E-state index contributed by atoms with van der Waals surface area (Å²) in [6.07, 6.45) is 0. The predicted molar refractivity (Wildman–Crippen MR) is 81.2 cm³/mol. The van der Waals surface area contributed by atoms with Crippen LogP contribution in [-0.2, 0) is 11.9 Å². The third-order valence-electron chi connectivity index (χ3n) is 3.03. The van der Waals surface area contributed by atoms with Gasteiger partial charge in [0.2, 0.25) is 0 Å². The Morgan fingerprint density at radius 3 is 2.55 bits per heavy atom. The number of rotatable bonds is 3. The average molecular weight is 276 g/mol. The summed E-state index contributed by atoms with van der Waals surface area (Å²) < 4.78 is 1.65. The van der Waals surface area contributed by atoms with E-state index in [-0.39, 0.29) is 11.1 Å². The molecule has 1 aromatic heterocycles. The Morgan fingerprint density at radius 2 is 1.95 bits per heavy atom. The molecule has 0 unspecified atom stereocenters. The van der Waals surface area contributed by atoms with Crippen molar-refractivity contribution in [1.82, 2.24) is 4.57 Å². The Balaban J connectivity index is 2.68. The topological polar surface area (TPSA) is 59.9 Å². The highest BCUT2D eigenvalue weighted by Crippen LogP contribution is 2.25. The van der Waals surface area contributed by atoms with E-state index in [0.29, 0.717) is 0 Å². The predicted octanol–water partition coefficient (Wildman–Crippen LogP) is 1.51. The average Bonchev–Trinajstić information content (AvgIpc) is 2.34. The van der Waals surface area contributed by atoms with Crippen molar-refractivity contribution in [3.63, 3.8) is 0 Å². The van der Waals surface area contributed by atoms with E-state index in [1.54, 1.807) is 30.3 Å². The molecule has 0 spiro atoms. The first-order valence-electron chi connectivity index (χ1n) is 6.60. The molecule has 0 aliphatic carbocycles. The van der Waals surface area contributed by atoms with E-state index < -0.39 is 0 Å². The SMILES string of the molecule is CO[NH2+]c1ccc2c(c1)c(NC(C)(C)C)cc(=O)n2C. The second-order valence-electron chi connectivity index (χ2n) is 5.96. The van der Waals surface area contributed by atoms with Crippen LogP contribution in [0.3, 0.4) is 0 Å². The molecule has 0 bridgehead atoms. The Bertz CT molecular complexity index is 684. The van der Waals surface area contributed by atoms with E-state index in [1.807, 2.05) is 18.2 Å². The van der Waals surface area contributed by atoms with E-state index in [4.69, 9.17) is 4.84 Å². The van der Waals surface area contributed by atoms with E-state index in [9.17, 15) is 4.79 Å². The molecule has 0 aliphatic rings. The Kier molecular flexibility index (Phi) is 3.83. The standard InChI is InChI=1S/C15H21N3O2/c1-15(2,3)16-12-9-14(19)18(4)13-7-6-10(17-20-5)8-11(12)13/h6-9,16-17H,1-5H3/p+1. The van der Waals surface area contributed by atoms with Crippen molar-refractivity contribution in [1.29, 1.82) is 0 Å². The number of benzene rings is 1. The largest absolute Gasteiger partial charge is 0.380 e. The molecule has 0 atom stereocenters. The molecule has 0 fully saturated rings. The summed E-state index contributed by atoms with van der Waals surface area (Å²) in [5.74, 6) is 0. The molecular formula is C15H22N3O2+. The monoisotopic (exact) mass is 276 g/mol. The molecule has 0 radical (unpaired) electrons. The number of nitrogens with zero attached hydrogens (tertiary/aromatic N) is 1. The molecule has 1 heterocycles. The number of fused-ring (bicyclic) bond motifs is 1. The maximum absolute atomic E-state index is 12.0. The molecule has 0 aliphatic heterocycles. The molecule has 5 heteroatoms. The quantitative estimate of drug-likeness (QED) is 0.660. The van der Waals surface area contributed by atoms with Crippen molar-refractivity contribution in [2.45, 2.75) is 26.3 Å². The van der Waals surface area contributed by atoms with Gasteiger partial charge in [0.05, 0.1) is 12.6 Å². The van der Waals surface area contributed by atoms with Gasteiger partial charge in [-0.15, -0.1) is 0 Å². The molecule has 1 aromatic carbocycles. The van der Waals surface area contributed by atoms with Gasteiger partial charge < -0.3 is 9.88 Å². The van der Waals surface area contributed by atoms with Gasteiger partial charge in [0, 0.05) is 41.9 Å². The van der Waals surface area contributed by atoms with Gasteiger partial charge in [0.15, 0.2) is 5.69 Å². The number of nitrogens with one attached hydrogen (secondary N) is 1. The van der Waals surface area contributed by atoms with Gasteiger partial charge in [-0.1, -0.05) is 0 Å². The van der Waals surface area contributed by atoms with Gasteiger partial charge in [-0.25, -0.2) is 4.84 Å². The van der Waals surface area contributed by atoms with Gasteiger partial charge >= 0.3 is 0 Å². The first kappa shape index (κ1) is 14.6. The lowest BCUT2D eigenvalue weighted by Crippen LogP contribution is -2.75. The lowest BCUT2D eigenvalue weighted by Gasteiger charge is -2.23. The minimum Gasteiger partial charge on any atom is -0.380 e. The van der Waals surface area contributed by atoms with Crippen LogP contribution in [0.4, 0.5) is 11.4 Å². The lowest BCUT2D eigenvalue weighted by atomic mass is 10.1. The zero-order valence-corrected chi connectivity index (χ0v) is 12.7.